The number of hydrogen-bond donors (Lipinski definition) is 1. The standard InChI is InChI=1S/C14H8ClF2N3O2/c1-22-14(21)13-9(15)11(19)10(17)12(20-13)6-2-3-7(5-18)8(16)4-6/h2-4H,1H3,(H2,19,20). The highest BCUT2D eigenvalue weighted by Gasteiger charge is 2.23. The van der Waals surface area contributed by atoms with Gasteiger partial charge in [0, 0.05) is 5.56 Å². The maximum absolute atomic E-state index is 14.2. The number of hydrogen-bond acceptors (Lipinski definition) is 5. The molecule has 0 atom stereocenters. The summed E-state index contributed by atoms with van der Waals surface area (Å²) >= 11 is 5.77. The predicted octanol–water partition coefficient (Wildman–Crippen LogP) is 2.92. The average molecular weight is 324 g/mol. The number of halogens is 3. The van der Waals surface area contributed by atoms with Crippen molar-refractivity contribution in [3.8, 4) is 17.3 Å². The van der Waals surface area contributed by atoms with Crippen molar-refractivity contribution in [1.29, 1.82) is 5.26 Å². The van der Waals surface area contributed by atoms with Crippen LogP contribution < -0.4 is 5.73 Å². The van der Waals surface area contributed by atoms with E-state index in [4.69, 9.17) is 22.6 Å². The Balaban J connectivity index is 2.70. The van der Waals surface area contributed by atoms with Gasteiger partial charge in [-0.2, -0.15) is 5.26 Å². The average Bonchev–Trinajstić information content (AvgIpc) is 2.52. The third-order valence-corrected chi connectivity index (χ3v) is 3.24. The summed E-state index contributed by atoms with van der Waals surface area (Å²) in [6.45, 7) is 0. The molecule has 1 aromatic heterocycles. The summed E-state index contributed by atoms with van der Waals surface area (Å²) in [4.78, 5) is 15.3. The van der Waals surface area contributed by atoms with Crippen LogP contribution in [0.2, 0.25) is 5.02 Å². The van der Waals surface area contributed by atoms with Gasteiger partial charge in [-0.05, 0) is 12.1 Å². The number of methoxy groups -OCH3 is 1. The first kappa shape index (κ1) is 15.7. The molecule has 5 nitrogen and oxygen atoms in total. The number of carbonyl (C=O) groups excluding carboxylic acids is 1. The first-order valence-corrected chi connectivity index (χ1v) is 6.21. The van der Waals surface area contributed by atoms with E-state index >= 15 is 0 Å². The molecule has 112 valence electrons. The molecule has 0 fully saturated rings. The Bertz CT molecular complexity index is 819. The molecule has 0 saturated carbocycles. The van der Waals surface area contributed by atoms with Crippen molar-refractivity contribution >= 4 is 23.3 Å². The summed E-state index contributed by atoms with van der Waals surface area (Å²) in [6, 6.07) is 4.99. The molecule has 2 rings (SSSR count). The van der Waals surface area contributed by atoms with Gasteiger partial charge in [0.15, 0.2) is 11.5 Å². The Kier molecular flexibility index (Phi) is 4.24. The van der Waals surface area contributed by atoms with E-state index in [1.807, 2.05) is 0 Å². The number of nitrogens with two attached hydrogens (primary N) is 1. The number of benzene rings is 1. The topological polar surface area (TPSA) is 89.0 Å². The Morgan fingerprint density at radius 1 is 1.45 bits per heavy atom. The van der Waals surface area contributed by atoms with Crippen LogP contribution in [0.4, 0.5) is 14.5 Å². The molecule has 0 saturated heterocycles. The summed E-state index contributed by atoms with van der Waals surface area (Å²) in [6.07, 6.45) is 0. The van der Waals surface area contributed by atoms with E-state index in [0.29, 0.717) is 0 Å². The molecule has 1 aromatic carbocycles. The van der Waals surface area contributed by atoms with Crippen LogP contribution >= 0.6 is 11.6 Å². The second-order valence-corrected chi connectivity index (χ2v) is 4.53. The minimum atomic E-state index is -0.998. The second-order valence-electron chi connectivity index (χ2n) is 4.15. The molecule has 0 bridgehead atoms. The van der Waals surface area contributed by atoms with Gasteiger partial charge in [0.2, 0.25) is 0 Å². The van der Waals surface area contributed by atoms with Crippen molar-refractivity contribution in [3.63, 3.8) is 0 Å². The van der Waals surface area contributed by atoms with Crippen molar-refractivity contribution in [2.75, 3.05) is 12.8 Å². The summed E-state index contributed by atoms with van der Waals surface area (Å²) in [7, 11) is 1.10. The van der Waals surface area contributed by atoms with Gasteiger partial charge in [0.25, 0.3) is 0 Å². The number of nitrogens with zero attached hydrogens (tertiary/aromatic N) is 2. The van der Waals surface area contributed by atoms with Gasteiger partial charge in [0.1, 0.15) is 17.6 Å². The zero-order valence-corrected chi connectivity index (χ0v) is 11.9. The molecule has 0 aliphatic carbocycles. The van der Waals surface area contributed by atoms with Gasteiger partial charge in [-0.25, -0.2) is 18.6 Å². The first-order chi connectivity index (χ1) is 10.4. The molecule has 2 aromatic rings. The smallest absolute Gasteiger partial charge is 0.358 e. The van der Waals surface area contributed by atoms with Crippen LogP contribution in [0.1, 0.15) is 16.1 Å². The summed E-state index contributed by atoms with van der Waals surface area (Å²) in [5, 5.41) is 8.30. The highest BCUT2D eigenvalue weighted by molar-refractivity contribution is 6.35. The number of carbonyl (C=O) groups is 1. The summed E-state index contributed by atoms with van der Waals surface area (Å²) < 4.78 is 32.3. The Morgan fingerprint density at radius 3 is 2.68 bits per heavy atom. The van der Waals surface area contributed by atoms with Crippen LogP contribution in [0.25, 0.3) is 11.3 Å². The molecule has 2 N–H and O–H groups in total. The lowest BCUT2D eigenvalue weighted by Crippen LogP contribution is -2.10. The van der Waals surface area contributed by atoms with Gasteiger partial charge >= 0.3 is 5.97 Å². The molecule has 0 aliphatic rings. The third-order valence-electron chi connectivity index (χ3n) is 2.85. The number of pyridine rings is 1. The number of nitriles is 1. The minimum absolute atomic E-state index is 0.00233. The summed E-state index contributed by atoms with van der Waals surface area (Å²) in [5.41, 5.74) is 4.04. The van der Waals surface area contributed by atoms with Gasteiger partial charge in [-0.3, -0.25) is 0 Å². The van der Waals surface area contributed by atoms with Crippen molar-refractivity contribution in [2.24, 2.45) is 0 Å². The Morgan fingerprint density at radius 2 is 2.14 bits per heavy atom. The Hall–Kier alpha value is -2.72. The number of anilines is 1. The minimum Gasteiger partial charge on any atom is -0.464 e. The van der Waals surface area contributed by atoms with E-state index < -0.39 is 23.3 Å². The normalized spacial score (nSPS) is 10.1. The molecular weight excluding hydrogens is 316 g/mol. The van der Waals surface area contributed by atoms with Crippen LogP contribution in [-0.4, -0.2) is 18.1 Å². The first-order valence-electron chi connectivity index (χ1n) is 5.83. The fourth-order valence-corrected chi connectivity index (χ4v) is 1.94. The number of nitrogen functional groups attached to an aromatic ring is 1. The van der Waals surface area contributed by atoms with Crippen molar-refractivity contribution in [2.45, 2.75) is 0 Å². The molecule has 0 unspecified atom stereocenters. The lowest BCUT2D eigenvalue weighted by molar-refractivity contribution is 0.0594. The van der Waals surface area contributed by atoms with E-state index in [1.165, 1.54) is 6.07 Å². The zero-order chi connectivity index (χ0) is 16.4. The molecule has 1 heterocycles. The highest BCUT2D eigenvalue weighted by atomic mass is 35.5. The molecule has 0 radical (unpaired) electrons. The van der Waals surface area contributed by atoms with Gasteiger partial charge < -0.3 is 10.5 Å². The number of ether oxygens (including phenoxy) is 1. The predicted molar refractivity (Wildman–Crippen MR) is 75.1 cm³/mol. The fourth-order valence-electron chi connectivity index (χ4n) is 1.74. The molecule has 8 heteroatoms. The third kappa shape index (κ3) is 2.56. The van der Waals surface area contributed by atoms with Crippen molar-refractivity contribution in [3.05, 3.63) is 46.1 Å². The largest absolute Gasteiger partial charge is 0.464 e. The maximum atomic E-state index is 14.2. The second kappa shape index (κ2) is 5.95. The number of aromatic nitrogens is 1. The monoisotopic (exact) mass is 323 g/mol. The molecular formula is C14H8ClF2N3O2. The van der Waals surface area contributed by atoms with E-state index in [1.54, 1.807) is 6.07 Å². The zero-order valence-electron chi connectivity index (χ0n) is 11.2. The quantitative estimate of drug-likeness (QED) is 0.858. The van der Waals surface area contributed by atoms with Crippen LogP contribution in [0.3, 0.4) is 0 Å². The van der Waals surface area contributed by atoms with Crippen molar-refractivity contribution in [1.82, 2.24) is 4.98 Å². The lowest BCUT2D eigenvalue weighted by Gasteiger charge is -2.10. The van der Waals surface area contributed by atoms with Crippen LogP contribution in [-0.2, 0) is 4.74 Å². The van der Waals surface area contributed by atoms with E-state index in [2.05, 4.69) is 9.72 Å². The van der Waals surface area contributed by atoms with E-state index in [-0.39, 0.29) is 27.5 Å². The number of esters is 1. The molecule has 0 aliphatic heterocycles. The van der Waals surface area contributed by atoms with E-state index in [0.717, 1.165) is 19.2 Å². The Labute approximate surface area is 128 Å². The number of rotatable bonds is 2. The van der Waals surface area contributed by atoms with Gasteiger partial charge in [-0.15, -0.1) is 0 Å². The fraction of sp³-hybridized carbons (Fsp3) is 0.0714. The van der Waals surface area contributed by atoms with Gasteiger partial charge in [-0.1, -0.05) is 17.7 Å². The highest BCUT2D eigenvalue weighted by Crippen LogP contribution is 2.32. The molecule has 0 amide bonds. The molecule has 0 spiro atoms. The maximum Gasteiger partial charge on any atom is 0.358 e. The van der Waals surface area contributed by atoms with E-state index in [9.17, 15) is 13.6 Å². The lowest BCUT2D eigenvalue weighted by atomic mass is 10.1. The summed E-state index contributed by atoms with van der Waals surface area (Å²) in [5.74, 6) is -2.76. The van der Waals surface area contributed by atoms with Crippen molar-refractivity contribution < 1.29 is 18.3 Å². The molecule has 22 heavy (non-hydrogen) atoms. The van der Waals surface area contributed by atoms with Gasteiger partial charge in [0.05, 0.1) is 23.4 Å². The van der Waals surface area contributed by atoms with Crippen LogP contribution in [0, 0.1) is 23.0 Å². The van der Waals surface area contributed by atoms with Crippen LogP contribution in [0.15, 0.2) is 18.2 Å². The SMILES string of the molecule is COC(=O)c1nc(-c2ccc(C#N)c(F)c2)c(F)c(N)c1Cl. The van der Waals surface area contributed by atoms with Crippen LogP contribution in [0.5, 0.6) is 0 Å².